The highest BCUT2D eigenvalue weighted by atomic mass is 16.5. The molecule has 4 heteroatoms. The van der Waals surface area contributed by atoms with E-state index in [0.717, 1.165) is 22.4 Å². The van der Waals surface area contributed by atoms with Gasteiger partial charge in [-0.1, -0.05) is 30.4 Å². The van der Waals surface area contributed by atoms with E-state index in [1.54, 1.807) is 13.3 Å². The summed E-state index contributed by atoms with van der Waals surface area (Å²) in [4.78, 5) is 15.0. The third-order valence-corrected chi connectivity index (χ3v) is 3.68. The number of rotatable bonds is 9. The van der Waals surface area contributed by atoms with Crippen LogP contribution >= 0.6 is 0 Å². The Kier molecular flexibility index (Phi) is 9.01. The van der Waals surface area contributed by atoms with Gasteiger partial charge in [0.2, 0.25) is 5.91 Å². The lowest BCUT2D eigenvalue weighted by Crippen LogP contribution is -2.10. The van der Waals surface area contributed by atoms with Crippen molar-refractivity contribution in [3.8, 4) is 5.75 Å². The average molecular weight is 340 g/mol. The predicted molar refractivity (Wildman–Crippen MR) is 106 cm³/mol. The Morgan fingerprint density at radius 3 is 2.64 bits per heavy atom. The van der Waals surface area contributed by atoms with Crippen molar-refractivity contribution in [2.24, 2.45) is 10.7 Å². The molecule has 4 nitrogen and oxygen atoms in total. The van der Waals surface area contributed by atoms with Crippen molar-refractivity contribution in [1.29, 1.82) is 0 Å². The molecular formula is C21H28N2O2. The molecule has 0 unspecified atom stereocenters. The smallest absolute Gasteiger partial charge is 0.217 e. The van der Waals surface area contributed by atoms with Gasteiger partial charge in [-0.05, 0) is 61.6 Å². The zero-order valence-electron chi connectivity index (χ0n) is 15.6. The number of hydrogen-bond donors (Lipinski definition) is 1. The minimum atomic E-state index is -0.285. The Labute approximate surface area is 150 Å². The third kappa shape index (κ3) is 7.66. The van der Waals surface area contributed by atoms with E-state index in [-0.39, 0.29) is 5.91 Å². The molecule has 0 bridgehead atoms. The van der Waals surface area contributed by atoms with Gasteiger partial charge >= 0.3 is 0 Å². The van der Waals surface area contributed by atoms with Crippen molar-refractivity contribution in [1.82, 2.24) is 0 Å². The van der Waals surface area contributed by atoms with Crippen molar-refractivity contribution >= 4 is 18.2 Å². The number of benzene rings is 1. The zero-order chi connectivity index (χ0) is 18.7. The Bertz CT molecular complexity index is 698. The highest BCUT2D eigenvalue weighted by molar-refractivity contribution is 5.75. The second-order valence-corrected chi connectivity index (χ2v) is 5.80. The standard InChI is InChI=1S/C21H28N2O2/c1-5-7-18(11-13-23-12-6-8-21(22)24)9-10-19-15-20(25-4)17(3)14-16(19)2/h5,7,9-11,13-15H,6,8,12H2,1-4H3,(H2,22,24)/b7-5-,10-9+,18-11+,23-13+. The Balaban J connectivity index is 2.83. The molecule has 1 amide bonds. The predicted octanol–water partition coefficient (Wildman–Crippen LogP) is 4.16. The number of nitrogens with zero attached hydrogens (tertiary/aromatic N) is 1. The first-order chi connectivity index (χ1) is 12.0. The average Bonchev–Trinajstić information content (AvgIpc) is 2.56. The molecule has 1 aromatic rings. The highest BCUT2D eigenvalue weighted by Gasteiger charge is 2.02. The first-order valence-electron chi connectivity index (χ1n) is 8.42. The highest BCUT2D eigenvalue weighted by Crippen LogP contribution is 2.23. The summed E-state index contributed by atoms with van der Waals surface area (Å²) in [5.41, 5.74) is 9.60. The van der Waals surface area contributed by atoms with Crippen molar-refractivity contribution in [2.45, 2.75) is 33.6 Å². The van der Waals surface area contributed by atoms with Crippen LogP contribution in [0.3, 0.4) is 0 Å². The van der Waals surface area contributed by atoms with Gasteiger partial charge in [-0.3, -0.25) is 9.79 Å². The second kappa shape index (κ2) is 11.0. The van der Waals surface area contributed by atoms with Crippen molar-refractivity contribution in [3.05, 3.63) is 58.7 Å². The Hall–Kier alpha value is -2.62. The minimum Gasteiger partial charge on any atom is -0.496 e. The molecular weight excluding hydrogens is 312 g/mol. The first-order valence-corrected chi connectivity index (χ1v) is 8.42. The molecule has 0 heterocycles. The number of methoxy groups -OCH3 is 1. The van der Waals surface area contributed by atoms with Gasteiger partial charge in [0.25, 0.3) is 0 Å². The van der Waals surface area contributed by atoms with Crippen LogP contribution in [0.15, 0.2) is 47.0 Å². The molecule has 0 fully saturated rings. The van der Waals surface area contributed by atoms with Gasteiger partial charge in [0.1, 0.15) is 5.75 Å². The maximum absolute atomic E-state index is 10.7. The van der Waals surface area contributed by atoms with E-state index >= 15 is 0 Å². The van der Waals surface area contributed by atoms with Gasteiger partial charge in [0, 0.05) is 19.2 Å². The van der Waals surface area contributed by atoms with Crippen LogP contribution in [0, 0.1) is 13.8 Å². The molecule has 134 valence electrons. The minimum absolute atomic E-state index is 0.285. The number of aliphatic imine (C=N–C) groups is 1. The summed E-state index contributed by atoms with van der Waals surface area (Å²) in [6.45, 7) is 6.71. The molecule has 0 aromatic heterocycles. The number of aryl methyl sites for hydroxylation is 2. The van der Waals surface area contributed by atoms with E-state index in [0.29, 0.717) is 19.4 Å². The van der Waals surface area contributed by atoms with Crippen molar-refractivity contribution < 1.29 is 9.53 Å². The fourth-order valence-electron chi connectivity index (χ4n) is 2.35. The summed E-state index contributed by atoms with van der Waals surface area (Å²) in [5.74, 6) is 0.602. The summed E-state index contributed by atoms with van der Waals surface area (Å²) < 4.78 is 5.40. The van der Waals surface area contributed by atoms with Gasteiger partial charge in [0.15, 0.2) is 0 Å². The second-order valence-electron chi connectivity index (χ2n) is 5.80. The summed E-state index contributed by atoms with van der Waals surface area (Å²) >= 11 is 0. The van der Waals surface area contributed by atoms with Crippen LogP contribution in [0.1, 0.15) is 36.5 Å². The number of carbonyl (C=O) groups excluding carboxylic acids is 1. The van der Waals surface area contributed by atoms with Crippen LogP contribution in [-0.2, 0) is 4.79 Å². The first kappa shape index (κ1) is 20.4. The lowest BCUT2D eigenvalue weighted by molar-refractivity contribution is -0.118. The largest absolute Gasteiger partial charge is 0.496 e. The van der Waals surface area contributed by atoms with E-state index in [1.807, 2.05) is 44.2 Å². The number of nitrogens with two attached hydrogens (primary N) is 1. The molecule has 2 N–H and O–H groups in total. The number of amides is 1. The molecule has 0 saturated carbocycles. The summed E-state index contributed by atoms with van der Waals surface area (Å²) in [5, 5.41) is 0. The normalized spacial score (nSPS) is 12.6. The van der Waals surface area contributed by atoms with Gasteiger partial charge in [0.05, 0.1) is 7.11 Å². The van der Waals surface area contributed by atoms with Crippen LogP contribution < -0.4 is 10.5 Å². The SMILES string of the molecule is C\C=C/C(/C=C/c1cc(OC)c(C)cc1C)=C\C=N\CCCC(N)=O. The molecule has 0 atom stereocenters. The zero-order valence-corrected chi connectivity index (χ0v) is 15.6. The quantitative estimate of drug-likeness (QED) is 0.417. The lowest BCUT2D eigenvalue weighted by atomic mass is 10.0. The molecule has 0 aliphatic heterocycles. The van der Waals surface area contributed by atoms with E-state index in [1.165, 1.54) is 5.56 Å². The summed E-state index contributed by atoms with van der Waals surface area (Å²) in [7, 11) is 1.69. The maximum atomic E-state index is 10.7. The van der Waals surface area contributed by atoms with E-state index in [2.05, 4.69) is 24.1 Å². The van der Waals surface area contributed by atoms with Gasteiger partial charge < -0.3 is 10.5 Å². The van der Waals surface area contributed by atoms with Gasteiger partial charge in [-0.2, -0.15) is 0 Å². The van der Waals surface area contributed by atoms with Crippen LogP contribution in [0.4, 0.5) is 0 Å². The number of ether oxygens (including phenoxy) is 1. The third-order valence-electron chi connectivity index (χ3n) is 3.68. The number of hydrogen-bond acceptors (Lipinski definition) is 3. The topological polar surface area (TPSA) is 64.7 Å². The van der Waals surface area contributed by atoms with Crippen LogP contribution in [0.25, 0.3) is 6.08 Å². The van der Waals surface area contributed by atoms with Gasteiger partial charge in [-0.15, -0.1) is 0 Å². The maximum Gasteiger partial charge on any atom is 0.217 e. The molecule has 0 aliphatic carbocycles. The molecule has 0 spiro atoms. The van der Waals surface area contributed by atoms with Gasteiger partial charge in [-0.25, -0.2) is 0 Å². The number of primary amides is 1. The molecule has 0 aliphatic rings. The fraction of sp³-hybridized carbons (Fsp3) is 0.333. The molecule has 1 aromatic carbocycles. The van der Waals surface area contributed by atoms with Crippen LogP contribution in [0.2, 0.25) is 0 Å². The Morgan fingerprint density at radius 1 is 1.24 bits per heavy atom. The summed E-state index contributed by atoms with van der Waals surface area (Å²) in [6, 6.07) is 4.17. The van der Waals surface area contributed by atoms with E-state index < -0.39 is 0 Å². The van der Waals surface area contributed by atoms with Crippen LogP contribution in [0.5, 0.6) is 5.75 Å². The number of allylic oxidation sites excluding steroid dienone is 5. The summed E-state index contributed by atoms with van der Waals surface area (Å²) in [6.07, 6.45) is 12.9. The van der Waals surface area contributed by atoms with Crippen molar-refractivity contribution in [2.75, 3.05) is 13.7 Å². The lowest BCUT2D eigenvalue weighted by Gasteiger charge is -2.08. The monoisotopic (exact) mass is 340 g/mol. The molecule has 0 saturated heterocycles. The molecule has 0 radical (unpaired) electrons. The fourth-order valence-corrected chi connectivity index (χ4v) is 2.35. The van der Waals surface area contributed by atoms with Crippen molar-refractivity contribution in [3.63, 3.8) is 0 Å². The number of carbonyl (C=O) groups is 1. The van der Waals surface area contributed by atoms with E-state index in [4.69, 9.17) is 10.5 Å². The Morgan fingerprint density at radius 2 is 2.00 bits per heavy atom. The van der Waals surface area contributed by atoms with Crippen LogP contribution in [-0.4, -0.2) is 25.8 Å². The molecule has 1 rings (SSSR count). The van der Waals surface area contributed by atoms with E-state index in [9.17, 15) is 4.79 Å². The molecule has 25 heavy (non-hydrogen) atoms.